The van der Waals surface area contributed by atoms with Crippen molar-refractivity contribution in [2.45, 2.75) is 46.5 Å². The Kier molecular flexibility index (Phi) is 8.88. The molecule has 0 saturated heterocycles. The van der Waals surface area contributed by atoms with Gasteiger partial charge < -0.3 is 9.47 Å². The van der Waals surface area contributed by atoms with Gasteiger partial charge in [-0.25, -0.2) is 0 Å². The molecule has 0 rings (SSSR count). The van der Waals surface area contributed by atoms with Crippen molar-refractivity contribution in [3.8, 4) is 0 Å². The van der Waals surface area contributed by atoms with Crippen molar-refractivity contribution >= 4 is 17.7 Å². The summed E-state index contributed by atoms with van der Waals surface area (Å²) in [5.74, 6) is -3.59. The second-order valence-corrected chi connectivity index (χ2v) is 4.09. The number of rotatable bonds is 9. The Balaban J connectivity index is 4.31. The second-order valence-electron chi connectivity index (χ2n) is 4.09. The molecule has 0 aliphatic carbocycles. The van der Waals surface area contributed by atoms with Gasteiger partial charge in [0.05, 0.1) is 13.2 Å². The van der Waals surface area contributed by atoms with Crippen LogP contribution < -0.4 is 0 Å². The Morgan fingerprint density at radius 3 is 1.56 bits per heavy atom. The second kappa shape index (κ2) is 9.62. The van der Waals surface area contributed by atoms with E-state index in [0.29, 0.717) is 12.8 Å². The van der Waals surface area contributed by atoms with Crippen molar-refractivity contribution in [3.05, 3.63) is 0 Å². The predicted octanol–water partition coefficient (Wildman–Crippen LogP) is 1.88. The van der Waals surface area contributed by atoms with Gasteiger partial charge in [-0.1, -0.05) is 26.7 Å². The Labute approximate surface area is 108 Å². The first-order valence-corrected chi connectivity index (χ1v) is 6.38. The quantitative estimate of drug-likeness (QED) is 0.359. The summed E-state index contributed by atoms with van der Waals surface area (Å²) in [6, 6.07) is 0. The molecule has 0 spiro atoms. The lowest BCUT2D eigenvalue weighted by Gasteiger charge is -2.12. The molecular formula is C13H22O5. The average Bonchev–Trinajstić information content (AvgIpc) is 2.29. The number of hydrogen-bond acceptors (Lipinski definition) is 5. The standard InChI is InChI=1S/C13H22O5/c1-4-6-8-17-12(15)11(10(3)14)13(16)18-9-7-5-2/h11H,4-9H2,1-3H3. The van der Waals surface area contributed by atoms with Gasteiger partial charge in [0.25, 0.3) is 0 Å². The summed E-state index contributed by atoms with van der Waals surface area (Å²) >= 11 is 0. The van der Waals surface area contributed by atoms with Crippen LogP contribution in [0.5, 0.6) is 0 Å². The molecule has 0 amide bonds. The number of esters is 2. The lowest BCUT2D eigenvalue weighted by atomic mass is 10.1. The summed E-state index contributed by atoms with van der Waals surface area (Å²) in [6.45, 7) is 5.54. The molecule has 0 aromatic rings. The van der Waals surface area contributed by atoms with Crippen molar-refractivity contribution in [1.82, 2.24) is 0 Å². The summed E-state index contributed by atoms with van der Waals surface area (Å²) in [5.41, 5.74) is 0. The number of carbonyl (C=O) groups is 3. The van der Waals surface area contributed by atoms with Crippen LogP contribution in [0.15, 0.2) is 0 Å². The molecule has 0 aromatic heterocycles. The first-order chi connectivity index (χ1) is 8.54. The molecule has 0 fully saturated rings. The van der Waals surface area contributed by atoms with Crippen LogP contribution in [0.25, 0.3) is 0 Å². The van der Waals surface area contributed by atoms with E-state index in [1.165, 1.54) is 6.92 Å². The van der Waals surface area contributed by atoms with Crippen molar-refractivity contribution in [3.63, 3.8) is 0 Å². The zero-order chi connectivity index (χ0) is 14.0. The van der Waals surface area contributed by atoms with E-state index in [4.69, 9.17) is 9.47 Å². The molecule has 5 heteroatoms. The summed E-state index contributed by atoms with van der Waals surface area (Å²) < 4.78 is 9.75. The Morgan fingerprint density at radius 1 is 0.889 bits per heavy atom. The Hall–Kier alpha value is -1.39. The molecule has 0 atom stereocenters. The minimum Gasteiger partial charge on any atom is -0.465 e. The third-order valence-electron chi connectivity index (χ3n) is 2.36. The first-order valence-electron chi connectivity index (χ1n) is 6.38. The van der Waals surface area contributed by atoms with Crippen LogP contribution in [-0.2, 0) is 23.9 Å². The molecule has 0 aliphatic rings. The smallest absolute Gasteiger partial charge is 0.328 e. The molecular weight excluding hydrogens is 236 g/mol. The normalized spacial score (nSPS) is 10.2. The molecule has 0 heterocycles. The highest BCUT2D eigenvalue weighted by Crippen LogP contribution is 2.07. The number of carbonyl (C=O) groups excluding carboxylic acids is 3. The number of Topliss-reactive ketones (excluding diaryl/α,β-unsaturated/α-hetero) is 1. The number of ether oxygens (including phenoxy) is 2. The number of ketones is 1. The Bertz CT molecular complexity index is 263. The molecule has 18 heavy (non-hydrogen) atoms. The summed E-state index contributed by atoms with van der Waals surface area (Å²) in [5, 5.41) is 0. The van der Waals surface area contributed by atoms with Gasteiger partial charge >= 0.3 is 11.9 Å². The maximum atomic E-state index is 11.6. The maximum absolute atomic E-state index is 11.6. The fraction of sp³-hybridized carbons (Fsp3) is 0.769. The average molecular weight is 258 g/mol. The van der Waals surface area contributed by atoms with Crippen LogP contribution in [-0.4, -0.2) is 30.9 Å². The Morgan fingerprint density at radius 2 is 1.28 bits per heavy atom. The zero-order valence-electron chi connectivity index (χ0n) is 11.4. The molecule has 0 radical (unpaired) electrons. The van der Waals surface area contributed by atoms with E-state index >= 15 is 0 Å². The van der Waals surface area contributed by atoms with Gasteiger partial charge in [-0.2, -0.15) is 0 Å². The fourth-order valence-electron chi connectivity index (χ4n) is 1.23. The van der Waals surface area contributed by atoms with Crippen molar-refractivity contribution < 1.29 is 23.9 Å². The van der Waals surface area contributed by atoms with E-state index in [9.17, 15) is 14.4 Å². The molecule has 5 nitrogen and oxygen atoms in total. The van der Waals surface area contributed by atoms with Crippen LogP contribution in [0.4, 0.5) is 0 Å². The highest BCUT2D eigenvalue weighted by atomic mass is 16.6. The molecule has 104 valence electrons. The van der Waals surface area contributed by atoms with E-state index in [1.807, 2.05) is 13.8 Å². The summed E-state index contributed by atoms with van der Waals surface area (Å²) in [6.07, 6.45) is 3.17. The highest BCUT2D eigenvalue weighted by molar-refractivity contribution is 6.14. The van der Waals surface area contributed by atoms with Crippen LogP contribution in [0.2, 0.25) is 0 Å². The third-order valence-corrected chi connectivity index (χ3v) is 2.36. The van der Waals surface area contributed by atoms with Crippen molar-refractivity contribution in [1.29, 1.82) is 0 Å². The molecule has 0 aromatic carbocycles. The number of hydrogen-bond donors (Lipinski definition) is 0. The number of unbranched alkanes of at least 4 members (excludes halogenated alkanes) is 2. The molecule has 0 N–H and O–H groups in total. The topological polar surface area (TPSA) is 69.7 Å². The highest BCUT2D eigenvalue weighted by Gasteiger charge is 2.34. The van der Waals surface area contributed by atoms with Gasteiger partial charge in [0, 0.05) is 0 Å². The van der Waals surface area contributed by atoms with Crippen LogP contribution in [0, 0.1) is 5.92 Å². The van der Waals surface area contributed by atoms with Crippen LogP contribution in [0.1, 0.15) is 46.5 Å². The van der Waals surface area contributed by atoms with Gasteiger partial charge in [-0.3, -0.25) is 14.4 Å². The van der Waals surface area contributed by atoms with E-state index in [0.717, 1.165) is 12.8 Å². The van der Waals surface area contributed by atoms with E-state index in [-0.39, 0.29) is 13.2 Å². The SMILES string of the molecule is CCCCOC(=O)C(C(C)=O)C(=O)OCCCC. The monoisotopic (exact) mass is 258 g/mol. The van der Waals surface area contributed by atoms with E-state index in [1.54, 1.807) is 0 Å². The molecule has 0 aliphatic heterocycles. The van der Waals surface area contributed by atoms with Crippen molar-refractivity contribution in [2.75, 3.05) is 13.2 Å². The first kappa shape index (κ1) is 16.6. The largest absolute Gasteiger partial charge is 0.465 e. The fourth-order valence-corrected chi connectivity index (χ4v) is 1.23. The minimum atomic E-state index is -1.43. The van der Waals surface area contributed by atoms with Gasteiger partial charge in [0.15, 0.2) is 5.78 Å². The van der Waals surface area contributed by atoms with Gasteiger partial charge in [0.1, 0.15) is 0 Å². The summed E-state index contributed by atoms with van der Waals surface area (Å²) in [4.78, 5) is 34.5. The predicted molar refractivity (Wildman–Crippen MR) is 65.9 cm³/mol. The lowest BCUT2D eigenvalue weighted by molar-refractivity contribution is -0.164. The van der Waals surface area contributed by atoms with Gasteiger partial charge in [-0.05, 0) is 19.8 Å². The van der Waals surface area contributed by atoms with E-state index < -0.39 is 23.6 Å². The maximum Gasteiger partial charge on any atom is 0.328 e. The van der Waals surface area contributed by atoms with Gasteiger partial charge in [-0.15, -0.1) is 0 Å². The molecule has 0 bridgehead atoms. The van der Waals surface area contributed by atoms with Crippen LogP contribution >= 0.6 is 0 Å². The molecule has 0 unspecified atom stereocenters. The molecule has 0 saturated carbocycles. The van der Waals surface area contributed by atoms with Crippen LogP contribution in [0.3, 0.4) is 0 Å². The zero-order valence-corrected chi connectivity index (χ0v) is 11.4. The van der Waals surface area contributed by atoms with E-state index in [2.05, 4.69) is 0 Å². The lowest BCUT2D eigenvalue weighted by Crippen LogP contribution is -2.33. The summed E-state index contributed by atoms with van der Waals surface area (Å²) in [7, 11) is 0. The van der Waals surface area contributed by atoms with Crippen molar-refractivity contribution in [2.24, 2.45) is 5.92 Å². The third kappa shape index (κ3) is 6.37. The minimum absolute atomic E-state index is 0.224. The van der Waals surface area contributed by atoms with Gasteiger partial charge in [0.2, 0.25) is 5.92 Å².